The summed E-state index contributed by atoms with van der Waals surface area (Å²) in [6.07, 6.45) is 0. The third-order valence-corrected chi connectivity index (χ3v) is 3.54. The van der Waals surface area contributed by atoms with Crippen LogP contribution in [0.4, 0.5) is 0 Å². The zero-order valence-corrected chi connectivity index (χ0v) is 14.1. The van der Waals surface area contributed by atoms with Crippen molar-refractivity contribution in [3.05, 3.63) is 23.2 Å². The summed E-state index contributed by atoms with van der Waals surface area (Å²) in [6.45, 7) is 10.3. The van der Waals surface area contributed by atoms with Crippen LogP contribution in [0.2, 0.25) is 0 Å². The Morgan fingerprint density at radius 2 is 1.95 bits per heavy atom. The normalized spacial score (nSPS) is 15.3. The van der Waals surface area contributed by atoms with Gasteiger partial charge in [0.05, 0.1) is 6.54 Å². The summed E-state index contributed by atoms with van der Waals surface area (Å²) in [6, 6.07) is 1.13. The smallest absolute Gasteiger partial charge is 0.242 e. The van der Waals surface area contributed by atoms with E-state index < -0.39 is 11.6 Å². The summed E-state index contributed by atoms with van der Waals surface area (Å²) in [5.41, 5.74) is -0.596. The fourth-order valence-electron chi connectivity index (χ4n) is 2.38. The van der Waals surface area contributed by atoms with Crippen LogP contribution in [0.25, 0.3) is 0 Å². The van der Waals surface area contributed by atoms with Gasteiger partial charge in [-0.15, -0.1) is 0 Å². The van der Waals surface area contributed by atoms with Gasteiger partial charge in [0, 0.05) is 12.5 Å². The van der Waals surface area contributed by atoms with Crippen LogP contribution in [0.1, 0.15) is 44.8 Å². The van der Waals surface area contributed by atoms with Gasteiger partial charge >= 0.3 is 0 Å². The van der Waals surface area contributed by atoms with Crippen molar-refractivity contribution >= 4 is 11.8 Å². The van der Waals surface area contributed by atoms with Crippen LogP contribution >= 0.6 is 0 Å². The van der Waals surface area contributed by atoms with Crippen LogP contribution in [-0.4, -0.2) is 29.5 Å². The molecular formula is C16H26N2O4. The van der Waals surface area contributed by atoms with E-state index in [1.165, 1.54) is 6.92 Å². The third kappa shape index (κ3) is 4.59. The lowest BCUT2D eigenvalue weighted by Gasteiger charge is -2.26. The van der Waals surface area contributed by atoms with E-state index in [0.717, 1.165) is 0 Å². The summed E-state index contributed by atoms with van der Waals surface area (Å²) in [7, 11) is 0. The number of carbonyl (C=O) groups is 2. The van der Waals surface area contributed by atoms with Gasteiger partial charge < -0.3 is 20.2 Å². The number of aryl methyl sites for hydroxylation is 2. The molecule has 0 aromatic carbocycles. The van der Waals surface area contributed by atoms with E-state index in [0.29, 0.717) is 17.1 Å². The van der Waals surface area contributed by atoms with Gasteiger partial charge in [-0.25, -0.2) is 0 Å². The quantitative estimate of drug-likeness (QED) is 0.740. The molecule has 0 saturated heterocycles. The van der Waals surface area contributed by atoms with Crippen LogP contribution in [0.5, 0.6) is 0 Å². The number of nitrogens with one attached hydrogen (secondary N) is 2. The number of hydrogen-bond donors (Lipinski definition) is 3. The van der Waals surface area contributed by atoms with Crippen LogP contribution in [-0.2, 0) is 15.2 Å². The SMILES string of the molecule is CC(=O)NC(C(=O)NCC(C)(O)c1cc(C)oc1C)C(C)C. The van der Waals surface area contributed by atoms with Crippen molar-refractivity contribution in [3.63, 3.8) is 0 Å². The molecule has 22 heavy (non-hydrogen) atoms. The highest BCUT2D eigenvalue weighted by atomic mass is 16.3. The Hall–Kier alpha value is -1.82. The highest BCUT2D eigenvalue weighted by molar-refractivity contribution is 5.87. The Bertz CT molecular complexity index is 546. The van der Waals surface area contributed by atoms with Crippen molar-refractivity contribution in [2.24, 2.45) is 5.92 Å². The van der Waals surface area contributed by atoms with Gasteiger partial charge in [0.2, 0.25) is 11.8 Å². The summed E-state index contributed by atoms with van der Waals surface area (Å²) in [4.78, 5) is 23.4. The van der Waals surface area contributed by atoms with Crippen molar-refractivity contribution < 1.29 is 19.1 Å². The first-order valence-electron chi connectivity index (χ1n) is 7.39. The number of carbonyl (C=O) groups excluding carboxylic acids is 2. The van der Waals surface area contributed by atoms with E-state index in [-0.39, 0.29) is 24.3 Å². The maximum atomic E-state index is 12.2. The summed E-state index contributed by atoms with van der Waals surface area (Å²) in [5, 5.41) is 15.9. The fraction of sp³-hybridized carbons (Fsp3) is 0.625. The molecule has 1 aromatic rings. The lowest BCUT2D eigenvalue weighted by molar-refractivity contribution is -0.129. The number of rotatable bonds is 6. The number of aliphatic hydroxyl groups is 1. The first-order chi connectivity index (χ1) is 10.0. The maximum absolute atomic E-state index is 12.2. The second-order valence-electron chi connectivity index (χ2n) is 6.24. The Labute approximate surface area is 131 Å². The molecule has 2 unspecified atom stereocenters. The monoisotopic (exact) mass is 310 g/mol. The minimum Gasteiger partial charge on any atom is -0.466 e. The highest BCUT2D eigenvalue weighted by Gasteiger charge is 2.30. The largest absolute Gasteiger partial charge is 0.466 e. The lowest BCUT2D eigenvalue weighted by atomic mass is 9.95. The predicted octanol–water partition coefficient (Wildman–Crippen LogP) is 1.38. The average molecular weight is 310 g/mol. The first kappa shape index (κ1) is 18.2. The highest BCUT2D eigenvalue weighted by Crippen LogP contribution is 2.26. The molecule has 0 fully saturated rings. The van der Waals surface area contributed by atoms with Gasteiger partial charge in [-0.1, -0.05) is 13.8 Å². The molecule has 1 aromatic heterocycles. The molecule has 0 aliphatic rings. The minimum absolute atomic E-state index is 0.0362. The number of furan rings is 1. The maximum Gasteiger partial charge on any atom is 0.242 e. The van der Waals surface area contributed by atoms with Crippen LogP contribution in [0.15, 0.2) is 10.5 Å². The van der Waals surface area contributed by atoms with Gasteiger partial charge in [0.1, 0.15) is 23.2 Å². The molecule has 1 rings (SSSR count). The molecule has 124 valence electrons. The van der Waals surface area contributed by atoms with Crippen LogP contribution in [0.3, 0.4) is 0 Å². The zero-order chi connectivity index (χ0) is 17.1. The van der Waals surface area contributed by atoms with Crippen LogP contribution < -0.4 is 10.6 Å². The van der Waals surface area contributed by atoms with Crippen LogP contribution in [0, 0.1) is 19.8 Å². The van der Waals surface area contributed by atoms with Gasteiger partial charge in [-0.3, -0.25) is 9.59 Å². The van der Waals surface area contributed by atoms with Gasteiger partial charge in [-0.2, -0.15) is 0 Å². The van der Waals surface area contributed by atoms with Crippen molar-refractivity contribution in [3.8, 4) is 0 Å². The third-order valence-electron chi connectivity index (χ3n) is 3.54. The Morgan fingerprint density at radius 1 is 1.36 bits per heavy atom. The van der Waals surface area contributed by atoms with Gasteiger partial charge in [-0.05, 0) is 32.8 Å². The molecule has 0 saturated carbocycles. The number of hydrogen-bond acceptors (Lipinski definition) is 4. The Kier molecular flexibility index (Phi) is 5.77. The topological polar surface area (TPSA) is 91.6 Å². The molecule has 2 atom stereocenters. The van der Waals surface area contributed by atoms with E-state index in [1.54, 1.807) is 26.8 Å². The molecule has 0 aliphatic carbocycles. The lowest BCUT2D eigenvalue weighted by Crippen LogP contribution is -2.51. The van der Waals surface area contributed by atoms with E-state index in [4.69, 9.17) is 4.42 Å². The molecule has 0 bridgehead atoms. The molecule has 6 heteroatoms. The Morgan fingerprint density at radius 3 is 2.36 bits per heavy atom. The molecule has 0 spiro atoms. The van der Waals surface area contributed by atoms with E-state index in [1.807, 2.05) is 13.8 Å². The predicted molar refractivity (Wildman–Crippen MR) is 83.2 cm³/mol. The van der Waals surface area contributed by atoms with Gasteiger partial charge in [0.15, 0.2) is 0 Å². The molecule has 3 N–H and O–H groups in total. The zero-order valence-electron chi connectivity index (χ0n) is 14.1. The van der Waals surface area contributed by atoms with Crippen molar-refractivity contribution in [2.45, 2.75) is 53.2 Å². The van der Waals surface area contributed by atoms with Gasteiger partial charge in [0.25, 0.3) is 0 Å². The number of amides is 2. The van der Waals surface area contributed by atoms with E-state index in [2.05, 4.69) is 10.6 Å². The van der Waals surface area contributed by atoms with Crippen molar-refractivity contribution in [2.75, 3.05) is 6.54 Å². The summed E-state index contributed by atoms with van der Waals surface area (Å²) in [5.74, 6) is 0.702. The molecule has 0 radical (unpaired) electrons. The van der Waals surface area contributed by atoms with E-state index >= 15 is 0 Å². The standard InChI is InChI=1S/C16H26N2O4/c1-9(2)14(18-12(5)19)15(20)17-8-16(6,21)13-7-10(3)22-11(13)4/h7,9,14,21H,8H2,1-6H3,(H,17,20)(H,18,19). The second kappa shape index (κ2) is 6.96. The van der Waals surface area contributed by atoms with Crippen molar-refractivity contribution in [1.29, 1.82) is 0 Å². The second-order valence-corrected chi connectivity index (χ2v) is 6.24. The summed E-state index contributed by atoms with van der Waals surface area (Å²) >= 11 is 0. The van der Waals surface area contributed by atoms with Crippen molar-refractivity contribution in [1.82, 2.24) is 10.6 Å². The molecule has 6 nitrogen and oxygen atoms in total. The molecular weight excluding hydrogens is 284 g/mol. The van der Waals surface area contributed by atoms with E-state index in [9.17, 15) is 14.7 Å². The molecule has 1 heterocycles. The molecule has 2 amide bonds. The minimum atomic E-state index is -1.24. The average Bonchev–Trinajstić information content (AvgIpc) is 2.72. The Balaban J connectivity index is 2.76. The fourth-order valence-corrected chi connectivity index (χ4v) is 2.38. The molecule has 0 aliphatic heterocycles. The first-order valence-corrected chi connectivity index (χ1v) is 7.39. The summed E-state index contributed by atoms with van der Waals surface area (Å²) < 4.78 is 5.42.